The molecular weight excluding hydrogens is 917 g/mol. The van der Waals surface area contributed by atoms with Crippen molar-refractivity contribution in [2.45, 2.75) is 118 Å². The number of aryl methyl sites for hydroxylation is 4. The number of aromatic nitrogens is 4. The normalized spacial score (nSPS) is 15.6. The van der Waals surface area contributed by atoms with Gasteiger partial charge in [0, 0.05) is 61.1 Å². The molecule has 71 heavy (non-hydrogen) atoms. The highest BCUT2D eigenvalue weighted by molar-refractivity contribution is 7.13. The number of imidazole rings is 1. The minimum Gasteiger partial charge on any atom is -0.481 e. The van der Waals surface area contributed by atoms with Gasteiger partial charge in [-0.05, 0) is 118 Å². The van der Waals surface area contributed by atoms with Crippen LogP contribution in [0.3, 0.4) is 0 Å². The first-order chi connectivity index (χ1) is 34.0. The van der Waals surface area contributed by atoms with E-state index in [0.717, 1.165) is 100.0 Å². The van der Waals surface area contributed by atoms with E-state index in [1.54, 1.807) is 29.4 Å². The van der Waals surface area contributed by atoms with Crippen LogP contribution in [-0.2, 0) is 23.9 Å². The number of carbonyl (C=O) groups excluding carboxylic acids is 3. The minimum absolute atomic E-state index is 0.140. The van der Waals surface area contributed by atoms with Crippen LogP contribution in [0.4, 0.5) is 11.4 Å². The topological polar surface area (TPSA) is 185 Å². The van der Waals surface area contributed by atoms with Gasteiger partial charge in [0.15, 0.2) is 0 Å². The quantitative estimate of drug-likeness (QED) is 0.0550. The van der Waals surface area contributed by atoms with Crippen molar-refractivity contribution >= 4 is 46.4 Å². The molecule has 1 aliphatic rings. The van der Waals surface area contributed by atoms with E-state index in [4.69, 9.17) is 9.26 Å². The Morgan fingerprint density at radius 3 is 2.30 bits per heavy atom. The van der Waals surface area contributed by atoms with Crippen LogP contribution in [0.15, 0.2) is 95.5 Å². The van der Waals surface area contributed by atoms with Crippen molar-refractivity contribution in [1.29, 1.82) is 0 Å². The second-order valence-corrected chi connectivity index (χ2v) is 20.7. The standard InChI is InChI=1S/C55H68N8O7S/c1-35-14-15-43(50-37(3)60-70-39(50)5)30-46(35)62(45-22-20-44(21-23-45)61-26-24-56-33-61)25-12-10-9-11-13-27-69-32-48(64)59-52(55(6,7)8)54(68)63-31-40(29-49(65)66)28-47(63)58-53(67)36(2)41-16-18-42(19-17-41)51-38(4)57-34-71-51/h14-24,26,30,33-34,36,40,47,52H,9-13,25,27-29,31-32H2,1-8H3,(H,58,67)(H,59,64)(H,65,66)/t36?,40-,47+,52?/m1/s1. The lowest BCUT2D eigenvalue weighted by atomic mass is 9.85. The summed E-state index contributed by atoms with van der Waals surface area (Å²) < 4.78 is 13.3. The van der Waals surface area contributed by atoms with Crippen molar-refractivity contribution in [3.05, 3.63) is 119 Å². The fourth-order valence-corrected chi connectivity index (χ4v) is 10.2. The van der Waals surface area contributed by atoms with Crippen LogP contribution in [0.5, 0.6) is 0 Å². The molecule has 7 rings (SSSR count). The fourth-order valence-electron chi connectivity index (χ4n) is 9.38. The smallest absolute Gasteiger partial charge is 0.303 e. The number of amides is 3. The van der Waals surface area contributed by atoms with Gasteiger partial charge in [-0.15, -0.1) is 11.3 Å². The highest BCUT2D eigenvalue weighted by Gasteiger charge is 2.43. The maximum atomic E-state index is 14.4. The highest BCUT2D eigenvalue weighted by Crippen LogP contribution is 2.36. The Morgan fingerprint density at radius 2 is 1.65 bits per heavy atom. The number of thiazole rings is 1. The number of hydrogen-bond donors (Lipinski definition) is 3. The number of carboxylic acids is 1. The van der Waals surface area contributed by atoms with E-state index in [0.29, 0.717) is 6.61 Å². The van der Waals surface area contributed by atoms with Crippen molar-refractivity contribution in [3.8, 4) is 27.3 Å². The number of carboxylic acid groups (broad SMARTS) is 1. The van der Waals surface area contributed by atoms with E-state index in [9.17, 15) is 24.3 Å². The molecule has 15 nitrogen and oxygen atoms in total. The number of aliphatic carboxylic acids is 1. The molecular formula is C55H68N8O7S. The zero-order chi connectivity index (χ0) is 50.8. The molecule has 0 aliphatic carbocycles. The molecule has 376 valence electrons. The largest absolute Gasteiger partial charge is 0.481 e. The molecule has 3 aromatic heterocycles. The number of carbonyl (C=O) groups is 4. The predicted octanol–water partition coefficient (Wildman–Crippen LogP) is 10.1. The summed E-state index contributed by atoms with van der Waals surface area (Å²) in [5.74, 6) is -2.18. The van der Waals surface area contributed by atoms with Gasteiger partial charge in [0.1, 0.15) is 24.6 Å². The number of nitrogens with zero attached hydrogens (tertiary/aromatic N) is 6. The first-order valence-corrected chi connectivity index (χ1v) is 25.5. The van der Waals surface area contributed by atoms with Gasteiger partial charge in [-0.1, -0.05) is 81.6 Å². The van der Waals surface area contributed by atoms with Crippen molar-refractivity contribution in [2.24, 2.45) is 11.3 Å². The summed E-state index contributed by atoms with van der Waals surface area (Å²) in [6.07, 6.45) is 9.57. The first kappa shape index (κ1) is 52.2. The third-order valence-electron chi connectivity index (χ3n) is 13.4. The maximum Gasteiger partial charge on any atom is 0.303 e. The summed E-state index contributed by atoms with van der Waals surface area (Å²) in [6, 6.07) is 21.9. The van der Waals surface area contributed by atoms with Gasteiger partial charge in [0.2, 0.25) is 17.7 Å². The van der Waals surface area contributed by atoms with Gasteiger partial charge in [0.05, 0.1) is 34.0 Å². The molecule has 0 bridgehead atoms. The summed E-state index contributed by atoms with van der Waals surface area (Å²) in [5.41, 5.74) is 11.2. The Hall–Kier alpha value is -6.65. The van der Waals surface area contributed by atoms with Crippen molar-refractivity contribution in [2.75, 3.05) is 31.2 Å². The fraction of sp³-hybridized carbons (Fsp3) is 0.436. The third kappa shape index (κ3) is 13.2. The lowest BCUT2D eigenvalue weighted by Crippen LogP contribution is -2.58. The van der Waals surface area contributed by atoms with E-state index in [2.05, 4.69) is 80.0 Å². The van der Waals surface area contributed by atoms with Crippen LogP contribution < -0.4 is 15.5 Å². The van der Waals surface area contributed by atoms with Crippen molar-refractivity contribution in [1.82, 2.24) is 35.2 Å². The summed E-state index contributed by atoms with van der Waals surface area (Å²) in [5, 5.41) is 19.8. The van der Waals surface area contributed by atoms with Crippen molar-refractivity contribution < 1.29 is 33.5 Å². The number of rotatable bonds is 22. The summed E-state index contributed by atoms with van der Waals surface area (Å²) in [4.78, 5) is 66.8. The van der Waals surface area contributed by atoms with Gasteiger partial charge >= 0.3 is 5.97 Å². The second-order valence-electron chi connectivity index (χ2n) is 19.9. The van der Waals surface area contributed by atoms with Gasteiger partial charge in [-0.3, -0.25) is 19.2 Å². The molecule has 3 aromatic carbocycles. The van der Waals surface area contributed by atoms with E-state index >= 15 is 0 Å². The number of unbranched alkanes of at least 4 members (excludes halogenated alkanes) is 4. The van der Waals surface area contributed by atoms with Crippen LogP contribution in [0.25, 0.3) is 27.3 Å². The van der Waals surface area contributed by atoms with E-state index < -0.39 is 35.4 Å². The Labute approximate surface area is 421 Å². The number of nitrogens with one attached hydrogen (secondary N) is 2. The van der Waals surface area contributed by atoms with Crippen LogP contribution in [0, 0.1) is 39.0 Å². The summed E-state index contributed by atoms with van der Waals surface area (Å²) >= 11 is 1.56. The Kier molecular flexibility index (Phi) is 17.3. The second kappa shape index (κ2) is 23.5. The molecule has 3 N–H and O–H groups in total. The Morgan fingerprint density at radius 1 is 0.930 bits per heavy atom. The third-order valence-corrected chi connectivity index (χ3v) is 14.3. The average molecular weight is 985 g/mol. The molecule has 1 aliphatic heterocycles. The van der Waals surface area contributed by atoms with Crippen LogP contribution in [0.1, 0.15) is 107 Å². The first-order valence-electron chi connectivity index (χ1n) is 24.6. The van der Waals surface area contributed by atoms with Gasteiger partial charge < -0.3 is 39.4 Å². The monoisotopic (exact) mass is 984 g/mol. The number of ether oxygens (including phenoxy) is 1. The zero-order valence-electron chi connectivity index (χ0n) is 42.2. The van der Waals surface area contributed by atoms with E-state index in [-0.39, 0.29) is 43.7 Å². The number of anilines is 2. The van der Waals surface area contributed by atoms with E-state index in [1.165, 1.54) is 10.5 Å². The van der Waals surface area contributed by atoms with Gasteiger partial charge in [-0.2, -0.15) is 0 Å². The molecule has 1 fully saturated rings. The van der Waals surface area contributed by atoms with Gasteiger partial charge in [0.25, 0.3) is 0 Å². The molecule has 0 spiro atoms. The molecule has 0 saturated carbocycles. The SMILES string of the molecule is Cc1ccc(-c2c(C)noc2C)cc1N(CCCCCCCOCC(=O)NC(C(=O)N1C[C@@H](CC(=O)O)C[C@H]1NC(=O)C(C)c1ccc(-c2scnc2C)cc1)C(C)(C)C)c1ccc(-n2ccnc2)cc1. The average Bonchev–Trinajstić information content (AvgIpc) is 4.17. The molecule has 6 aromatic rings. The summed E-state index contributed by atoms with van der Waals surface area (Å²) in [7, 11) is 0. The van der Waals surface area contributed by atoms with Crippen LogP contribution in [0.2, 0.25) is 0 Å². The van der Waals surface area contributed by atoms with Crippen LogP contribution in [-0.4, -0.2) is 91.9 Å². The van der Waals surface area contributed by atoms with E-state index in [1.807, 2.05) is 83.5 Å². The molecule has 0 radical (unpaired) electrons. The Bertz CT molecular complexity index is 2720. The molecule has 4 heterocycles. The lowest BCUT2D eigenvalue weighted by molar-refractivity contribution is -0.143. The zero-order valence-corrected chi connectivity index (χ0v) is 43.1. The number of likely N-dealkylation sites (tertiary alicyclic amines) is 1. The lowest BCUT2D eigenvalue weighted by Gasteiger charge is -2.36. The van der Waals surface area contributed by atoms with Crippen molar-refractivity contribution in [3.63, 3.8) is 0 Å². The van der Waals surface area contributed by atoms with Crippen LogP contribution >= 0.6 is 11.3 Å². The molecule has 16 heteroatoms. The molecule has 4 atom stereocenters. The number of benzene rings is 3. The minimum atomic E-state index is -0.977. The maximum absolute atomic E-state index is 14.4. The molecule has 2 unspecified atom stereocenters. The molecule has 3 amide bonds. The Balaban J connectivity index is 0.896. The summed E-state index contributed by atoms with van der Waals surface area (Å²) in [6.45, 7) is 16.6. The number of hydrogen-bond acceptors (Lipinski definition) is 11. The molecule has 1 saturated heterocycles. The predicted molar refractivity (Wildman–Crippen MR) is 277 cm³/mol. The highest BCUT2D eigenvalue weighted by atomic mass is 32.1. The van der Waals surface area contributed by atoms with Gasteiger partial charge in [-0.25, -0.2) is 9.97 Å².